The zero-order valence-electron chi connectivity index (χ0n) is 10.5. The van der Waals surface area contributed by atoms with Crippen LogP contribution < -0.4 is 0 Å². The minimum absolute atomic E-state index is 0.192. The molecule has 4 nitrogen and oxygen atoms in total. The van der Waals surface area contributed by atoms with Crippen LogP contribution in [-0.4, -0.2) is 40.6 Å². The van der Waals surface area contributed by atoms with Gasteiger partial charge >= 0.3 is 5.97 Å². The van der Waals surface area contributed by atoms with Crippen molar-refractivity contribution in [2.75, 3.05) is 19.6 Å². The van der Waals surface area contributed by atoms with Gasteiger partial charge in [-0.25, -0.2) is 4.98 Å². The Labute approximate surface area is 106 Å². The average molecular weight is 256 g/mol. The van der Waals surface area contributed by atoms with E-state index in [9.17, 15) is 4.79 Å². The normalized spacial score (nSPS) is 11.0. The van der Waals surface area contributed by atoms with E-state index in [-0.39, 0.29) is 6.42 Å². The largest absolute Gasteiger partial charge is 0.481 e. The van der Waals surface area contributed by atoms with Crippen LogP contribution in [0.3, 0.4) is 0 Å². The van der Waals surface area contributed by atoms with E-state index < -0.39 is 5.97 Å². The molecule has 0 radical (unpaired) electrons. The summed E-state index contributed by atoms with van der Waals surface area (Å²) >= 11 is 1.64. The van der Waals surface area contributed by atoms with Gasteiger partial charge in [-0.05, 0) is 19.5 Å². The molecule has 0 amide bonds. The van der Waals surface area contributed by atoms with Gasteiger partial charge in [-0.15, -0.1) is 11.3 Å². The first kappa shape index (κ1) is 14.1. The molecule has 1 rings (SSSR count). The molecule has 96 valence electrons. The zero-order valence-corrected chi connectivity index (χ0v) is 11.3. The summed E-state index contributed by atoms with van der Waals surface area (Å²) in [6.07, 6.45) is 3.56. The van der Waals surface area contributed by atoms with E-state index in [1.165, 1.54) is 0 Å². The van der Waals surface area contributed by atoms with E-state index in [1.54, 1.807) is 11.3 Å². The minimum atomic E-state index is -0.747. The molecule has 0 saturated carbocycles. The second kappa shape index (κ2) is 7.40. The third kappa shape index (κ3) is 5.28. The van der Waals surface area contributed by atoms with Crippen LogP contribution in [-0.2, 0) is 17.6 Å². The summed E-state index contributed by atoms with van der Waals surface area (Å²) in [6, 6.07) is 0. The minimum Gasteiger partial charge on any atom is -0.481 e. The van der Waals surface area contributed by atoms with Crippen molar-refractivity contribution < 1.29 is 9.90 Å². The molecule has 1 aromatic heterocycles. The van der Waals surface area contributed by atoms with Crippen molar-refractivity contribution in [1.82, 2.24) is 9.88 Å². The van der Waals surface area contributed by atoms with Gasteiger partial charge in [0, 0.05) is 24.0 Å². The van der Waals surface area contributed by atoms with Crippen molar-refractivity contribution in [3.8, 4) is 0 Å². The fourth-order valence-corrected chi connectivity index (χ4v) is 2.51. The lowest BCUT2D eigenvalue weighted by Gasteiger charge is -2.16. The maximum Gasteiger partial charge on any atom is 0.303 e. The van der Waals surface area contributed by atoms with Crippen LogP contribution in [0.15, 0.2) is 6.20 Å². The summed E-state index contributed by atoms with van der Waals surface area (Å²) in [4.78, 5) is 18.2. The van der Waals surface area contributed by atoms with Crippen LogP contribution in [0.4, 0.5) is 0 Å². The summed E-state index contributed by atoms with van der Waals surface area (Å²) in [5.41, 5.74) is 0. The van der Waals surface area contributed by atoms with Gasteiger partial charge in [0.25, 0.3) is 0 Å². The summed E-state index contributed by atoms with van der Waals surface area (Å²) in [5, 5.41) is 9.71. The summed E-state index contributed by atoms with van der Waals surface area (Å²) in [6.45, 7) is 7.47. The molecular weight excluding hydrogens is 236 g/mol. The Kier molecular flexibility index (Phi) is 6.15. The molecule has 0 unspecified atom stereocenters. The fraction of sp³-hybridized carbons (Fsp3) is 0.667. The van der Waals surface area contributed by atoms with Crippen LogP contribution >= 0.6 is 11.3 Å². The van der Waals surface area contributed by atoms with E-state index in [1.807, 2.05) is 6.20 Å². The highest BCUT2D eigenvalue weighted by molar-refractivity contribution is 7.11. The molecule has 0 bridgehead atoms. The van der Waals surface area contributed by atoms with Crippen LogP contribution in [0, 0.1) is 0 Å². The van der Waals surface area contributed by atoms with Gasteiger partial charge in [-0.1, -0.05) is 13.8 Å². The highest BCUT2D eigenvalue weighted by Gasteiger charge is 2.06. The number of hydrogen-bond donors (Lipinski definition) is 1. The van der Waals surface area contributed by atoms with E-state index in [0.717, 1.165) is 35.9 Å². The molecule has 5 heteroatoms. The zero-order chi connectivity index (χ0) is 12.7. The van der Waals surface area contributed by atoms with Crippen LogP contribution in [0.25, 0.3) is 0 Å². The molecule has 0 saturated heterocycles. The summed E-state index contributed by atoms with van der Waals surface area (Å²) in [7, 11) is 0. The molecular formula is C12H20N2O2S. The van der Waals surface area contributed by atoms with Gasteiger partial charge in [0.15, 0.2) is 0 Å². The van der Waals surface area contributed by atoms with Crippen molar-refractivity contribution in [2.24, 2.45) is 0 Å². The van der Waals surface area contributed by atoms with E-state index in [0.29, 0.717) is 6.42 Å². The standard InChI is InChI=1S/C12H20N2O2S/c1-3-14(4-2)8-7-11-13-9-10(17-11)5-6-12(15)16/h9H,3-8H2,1-2H3,(H,15,16). The number of aromatic nitrogens is 1. The van der Waals surface area contributed by atoms with Crippen molar-refractivity contribution in [3.05, 3.63) is 16.1 Å². The predicted molar refractivity (Wildman–Crippen MR) is 69.6 cm³/mol. The van der Waals surface area contributed by atoms with Gasteiger partial charge in [-0.3, -0.25) is 4.79 Å². The smallest absolute Gasteiger partial charge is 0.303 e. The number of carbonyl (C=O) groups is 1. The number of hydrogen-bond acceptors (Lipinski definition) is 4. The summed E-state index contributed by atoms with van der Waals surface area (Å²) < 4.78 is 0. The van der Waals surface area contributed by atoms with Gasteiger partial charge in [0.05, 0.1) is 11.4 Å². The van der Waals surface area contributed by atoms with E-state index in [4.69, 9.17) is 5.11 Å². The molecule has 0 atom stereocenters. The van der Waals surface area contributed by atoms with E-state index >= 15 is 0 Å². The van der Waals surface area contributed by atoms with Crippen molar-refractivity contribution in [2.45, 2.75) is 33.1 Å². The molecule has 1 heterocycles. The Hall–Kier alpha value is -0.940. The first-order chi connectivity index (χ1) is 8.15. The third-order valence-corrected chi connectivity index (χ3v) is 3.84. The van der Waals surface area contributed by atoms with Gasteiger partial charge in [0.2, 0.25) is 0 Å². The van der Waals surface area contributed by atoms with Crippen molar-refractivity contribution >= 4 is 17.3 Å². The molecule has 1 aromatic rings. The quantitative estimate of drug-likeness (QED) is 0.773. The predicted octanol–water partition coefficient (Wildman–Crippen LogP) is 2.04. The molecule has 0 spiro atoms. The maximum atomic E-state index is 10.4. The molecule has 0 aromatic carbocycles. The molecule has 0 fully saturated rings. The first-order valence-electron chi connectivity index (χ1n) is 6.03. The lowest BCUT2D eigenvalue weighted by Crippen LogP contribution is -2.25. The van der Waals surface area contributed by atoms with Crippen LogP contribution in [0.5, 0.6) is 0 Å². The lowest BCUT2D eigenvalue weighted by molar-refractivity contribution is -0.136. The lowest BCUT2D eigenvalue weighted by atomic mass is 10.3. The Bertz CT molecular complexity index is 348. The highest BCUT2D eigenvalue weighted by atomic mass is 32.1. The Morgan fingerprint density at radius 1 is 1.41 bits per heavy atom. The monoisotopic (exact) mass is 256 g/mol. The topological polar surface area (TPSA) is 53.4 Å². The Balaban J connectivity index is 2.37. The second-order valence-corrected chi connectivity index (χ2v) is 5.09. The molecule has 0 aliphatic heterocycles. The first-order valence-corrected chi connectivity index (χ1v) is 6.85. The van der Waals surface area contributed by atoms with E-state index in [2.05, 4.69) is 23.7 Å². The Morgan fingerprint density at radius 3 is 2.71 bits per heavy atom. The highest BCUT2D eigenvalue weighted by Crippen LogP contribution is 2.15. The number of aryl methyl sites for hydroxylation is 1. The number of nitrogens with zero attached hydrogens (tertiary/aromatic N) is 2. The van der Waals surface area contributed by atoms with Crippen LogP contribution in [0.1, 0.15) is 30.2 Å². The second-order valence-electron chi connectivity index (χ2n) is 3.89. The molecule has 0 aliphatic carbocycles. The average Bonchev–Trinajstić information content (AvgIpc) is 2.76. The number of carboxylic acid groups (broad SMARTS) is 1. The van der Waals surface area contributed by atoms with Gasteiger partial charge < -0.3 is 10.0 Å². The molecule has 17 heavy (non-hydrogen) atoms. The summed E-state index contributed by atoms with van der Waals surface area (Å²) in [5.74, 6) is -0.747. The Morgan fingerprint density at radius 2 is 2.12 bits per heavy atom. The number of rotatable bonds is 8. The number of thiazole rings is 1. The fourth-order valence-electron chi connectivity index (χ4n) is 1.60. The third-order valence-electron chi connectivity index (χ3n) is 2.72. The SMILES string of the molecule is CCN(CC)CCc1ncc(CCC(=O)O)s1. The number of carboxylic acids is 1. The van der Waals surface area contributed by atoms with Crippen LogP contribution in [0.2, 0.25) is 0 Å². The molecule has 1 N–H and O–H groups in total. The number of likely N-dealkylation sites (N-methyl/N-ethyl adjacent to an activating group) is 1. The number of aliphatic carboxylic acids is 1. The molecule has 0 aliphatic rings. The van der Waals surface area contributed by atoms with Gasteiger partial charge in [0.1, 0.15) is 0 Å². The van der Waals surface area contributed by atoms with Gasteiger partial charge in [-0.2, -0.15) is 0 Å². The van der Waals surface area contributed by atoms with Crippen molar-refractivity contribution in [3.63, 3.8) is 0 Å². The van der Waals surface area contributed by atoms with Crippen molar-refractivity contribution in [1.29, 1.82) is 0 Å². The maximum absolute atomic E-state index is 10.4.